The highest BCUT2D eigenvalue weighted by Crippen LogP contribution is 2.24. The molecule has 1 aromatic rings. The summed E-state index contributed by atoms with van der Waals surface area (Å²) in [5, 5.41) is 3.46. The normalized spacial score (nSPS) is 20.2. The van der Waals surface area contributed by atoms with Gasteiger partial charge in [-0.15, -0.1) is 0 Å². The molecule has 4 heteroatoms. The maximum Gasteiger partial charge on any atom is 0.150 e. The quantitative estimate of drug-likeness (QED) is 0.885. The first-order valence-electron chi connectivity index (χ1n) is 7.00. The van der Waals surface area contributed by atoms with Crippen LogP contribution in [0.25, 0.3) is 0 Å². The third-order valence-corrected chi connectivity index (χ3v) is 3.58. The molecule has 1 N–H and O–H groups in total. The number of hydrogen-bond acceptors (Lipinski definition) is 4. The first-order valence-corrected chi connectivity index (χ1v) is 7.00. The standard InChI is InChI=1S/C14H24N4/c1-4-15-10-13-7-5-6-8-18(13)14-12(3)16-9-11(2)17-14/h9,13,15H,4-8,10H2,1-3H3. The lowest BCUT2D eigenvalue weighted by atomic mass is 10.0. The molecule has 0 radical (unpaired) electrons. The number of aryl methyl sites for hydroxylation is 2. The van der Waals surface area contributed by atoms with Crippen molar-refractivity contribution in [2.24, 2.45) is 0 Å². The minimum absolute atomic E-state index is 0.563. The van der Waals surface area contributed by atoms with Crippen molar-refractivity contribution in [3.63, 3.8) is 0 Å². The number of nitrogens with one attached hydrogen (secondary N) is 1. The second-order valence-corrected chi connectivity index (χ2v) is 5.07. The Balaban J connectivity index is 2.19. The molecule has 1 aliphatic heterocycles. The Morgan fingerprint density at radius 2 is 2.22 bits per heavy atom. The molecule has 1 unspecified atom stereocenters. The first kappa shape index (κ1) is 13.3. The van der Waals surface area contributed by atoms with E-state index in [1.807, 2.05) is 13.1 Å². The van der Waals surface area contributed by atoms with Crippen molar-refractivity contribution in [1.29, 1.82) is 0 Å². The van der Waals surface area contributed by atoms with Crippen molar-refractivity contribution in [1.82, 2.24) is 15.3 Å². The molecule has 2 rings (SSSR count). The van der Waals surface area contributed by atoms with Crippen molar-refractivity contribution in [3.8, 4) is 0 Å². The highest BCUT2D eigenvalue weighted by atomic mass is 15.2. The van der Waals surface area contributed by atoms with Crippen molar-refractivity contribution in [3.05, 3.63) is 17.6 Å². The van der Waals surface area contributed by atoms with Gasteiger partial charge in [0.05, 0.1) is 11.4 Å². The Labute approximate surface area is 110 Å². The van der Waals surface area contributed by atoms with Crippen molar-refractivity contribution in [2.45, 2.75) is 46.1 Å². The van der Waals surface area contributed by atoms with Crippen molar-refractivity contribution < 1.29 is 0 Å². The van der Waals surface area contributed by atoms with E-state index >= 15 is 0 Å². The number of nitrogens with zero attached hydrogens (tertiary/aromatic N) is 3. The van der Waals surface area contributed by atoms with Gasteiger partial charge in [0.25, 0.3) is 0 Å². The van der Waals surface area contributed by atoms with Crippen LogP contribution in [0, 0.1) is 13.8 Å². The summed E-state index contributed by atoms with van der Waals surface area (Å²) >= 11 is 0. The van der Waals surface area contributed by atoms with Gasteiger partial charge in [0.1, 0.15) is 0 Å². The fraction of sp³-hybridized carbons (Fsp3) is 0.714. The molecule has 1 saturated heterocycles. The Kier molecular flexibility index (Phi) is 4.53. The van der Waals surface area contributed by atoms with E-state index in [1.54, 1.807) is 0 Å². The third kappa shape index (κ3) is 2.99. The first-order chi connectivity index (χ1) is 8.72. The average Bonchev–Trinajstić information content (AvgIpc) is 2.39. The van der Waals surface area contributed by atoms with Gasteiger partial charge in [0, 0.05) is 25.3 Å². The van der Waals surface area contributed by atoms with Gasteiger partial charge in [-0.2, -0.15) is 0 Å². The van der Waals surface area contributed by atoms with Crippen LogP contribution in [0.1, 0.15) is 37.6 Å². The zero-order valence-corrected chi connectivity index (χ0v) is 11.7. The molecular weight excluding hydrogens is 224 g/mol. The molecular formula is C14H24N4. The molecule has 0 bridgehead atoms. The number of rotatable bonds is 4. The summed E-state index contributed by atoms with van der Waals surface area (Å²) in [6, 6.07) is 0.563. The maximum atomic E-state index is 4.69. The van der Waals surface area contributed by atoms with Gasteiger partial charge in [-0.25, -0.2) is 4.98 Å². The van der Waals surface area contributed by atoms with Crippen LogP contribution >= 0.6 is 0 Å². The lowest BCUT2D eigenvalue weighted by molar-refractivity contribution is 0.435. The second kappa shape index (κ2) is 6.14. The van der Waals surface area contributed by atoms with Gasteiger partial charge in [-0.05, 0) is 39.7 Å². The molecule has 100 valence electrons. The zero-order valence-electron chi connectivity index (χ0n) is 11.7. The number of hydrogen-bond donors (Lipinski definition) is 1. The molecule has 4 nitrogen and oxygen atoms in total. The molecule has 0 aliphatic carbocycles. The summed E-state index contributed by atoms with van der Waals surface area (Å²) < 4.78 is 0. The maximum absolute atomic E-state index is 4.69. The smallest absolute Gasteiger partial charge is 0.150 e. The SMILES string of the molecule is CCNCC1CCCCN1c1nc(C)cnc1C. The van der Waals surface area contributed by atoms with E-state index in [0.717, 1.165) is 36.8 Å². The number of likely N-dealkylation sites (N-methyl/N-ethyl adjacent to an activating group) is 1. The molecule has 1 aromatic heterocycles. The molecule has 1 aliphatic rings. The van der Waals surface area contributed by atoms with E-state index in [1.165, 1.54) is 19.3 Å². The number of anilines is 1. The average molecular weight is 248 g/mol. The van der Waals surface area contributed by atoms with Crippen LogP contribution in [0.5, 0.6) is 0 Å². The molecule has 0 saturated carbocycles. The topological polar surface area (TPSA) is 41.0 Å². The summed E-state index contributed by atoms with van der Waals surface area (Å²) in [5.74, 6) is 1.08. The highest BCUT2D eigenvalue weighted by molar-refractivity contribution is 5.45. The summed E-state index contributed by atoms with van der Waals surface area (Å²) in [5.41, 5.74) is 2.05. The molecule has 1 atom stereocenters. The van der Waals surface area contributed by atoms with Crippen LogP contribution in [0.3, 0.4) is 0 Å². The monoisotopic (exact) mass is 248 g/mol. The van der Waals surface area contributed by atoms with E-state index in [9.17, 15) is 0 Å². The van der Waals surface area contributed by atoms with E-state index in [4.69, 9.17) is 4.98 Å². The lowest BCUT2D eigenvalue weighted by Crippen LogP contribution is -2.46. The second-order valence-electron chi connectivity index (χ2n) is 5.07. The van der Waals surface area contributed by atoms with Gasteiger partial charge >= 0.3 is 0 Å². The predicted octanol–water partition coefficient (Wildman–Crippen LogP) is 2.06. The molecule has 2 heterocycles. The summed E-state index contributed by atoms with van der Waals surface area (Å²) in [6.45, 7) is 9.41. The van der Waals surface area contributed by atoms with Crippen LogP contribution in [0.2, 0.25) is 0 Å². The van der Waals surface area contributed by atoms with E-state index < -0.39 is 0 Å². The Hall–Kier alpha value is -1.16. The van der Waals surface area contributed by atoms with Crippen LogP contribution in [0.4, 0.5) is 5.82 Å². The van der Waals surface area contributed by atoms with E-state index in [-0.39, 0.29) is 0 Å². The van der Waals surface area contributed by atoms with Crippen LogP contribution in [0.15, 0.2) is 6.20 Å². The van der Waals surface area contributed by atoms with Crippen LogP contribution in [-0.4, -0.2) is 35.6 Å². The van der Waals surface area contributed by atoms with Crippen LogP contribution < -0.4 is 10.2 Å². The molecule has 1 fully saturated rings. The Morgan fingerprint density at radius 1 is 1.39 bits per heavy atom. The molecule has 0 aromatic carbocycles. The van der Waals surface area contributed by atoms with Gasteiger partial charge in [-0.1, -0.05) is 6.92 Å². The molecule has 0 amide bonds. The largest absolute Gasteiger partial charge is 0.351 e. The van der Waals surface area contributed by atoms with Gasteiger partial charge < -0.3 is 10.2 Å². The van der Waals surface area contributed by atoms with E-state index in [2.05, 4.69) is 29.0 Å². The minimum Gasteiger partial charge on any atom is -0.351 e. The summed E-state index contributed by atoms with van der Waals surface area (Å²) in [6.07, 6.45) is 5.69. The summed E-state index contributed by atoms with van der Waals surface area (Å²) in [7, 11) is 0. The molecule has 0 spiro atoms. The zero-order chi connectivity index (χ0) is 13.0. The fourth-order valence-corrected chi connectivity index (χ4v) is 2.60. The fourth-order valence-electron chi connectivity index (χ4n) is 2.60. The van der Waals surface area contributed by atoms with Gasteiger partial charge in [0.2, 0.25) is 0 Å². The minimum atomic E-state index is 0.563. The Morgan fingerprint density at radius 3 is 3.00 bits per heavy atom. The Bertz CT molecular complexity index is 391. The third-order valence-electron chi connectivity index (χ3n) is 3.58. The highest BCUT2D eigenvalue weighted by Gasteiger charge is 2.24. The lowest BCUT2D eigenvalue weighted by Gasteiger charge is -2.37. The van der Waals surface area contributed by atoms with Crippen molar-refractivity contribution >= 4 is 5.82 Å². The van der Waals surface area contributed by atoms with E-state index in [0.29, 0.717) is 6.04 Å². The predicted molar refractivity (Wildman–Crippen MR) is 75.0 cm³/mol. The number of piperidine rings is 1. The molecule has 18 heavy (non-hydrogen) atoms. The van der Waals surface area contributed by atoms with Gasteiger partial charge in [-0.3, -0.25) is 4.98 Å². The summed E-state index contributed by atoms with van der Waals surface area (Å²) in [4.78, 5) is 11.6. The van der Waals surface area contributed by atoms with Crippen molar-refractivity contribution in [2.75, 3.05) is 24.5 Å². The van der Waals surface area contributed by atoms with Crippen LogP contribution in [-0.2, 0) is 0 Å². The number of aromatic nitrogens is 2. The van der Waals surface area contributed by atoms with Gasteiger partial charge in [0.15, 0.2) is 5.82 Å².